The number of morpholine rings is 1. The van der Waals surface area contributed by atoms with Gasteiger partial charge in [0.05, 0.1) is 18.9 Å². The molecule has 2 aliphatic rings. The molecule has 0 aromatic carbocycles. The summed E-state index contributed by atoms with van der Waals surface area (Å²) in [4.78, 5) is 4.20. The van der Waals surface area contributed by atoms with Gasteiger partial charge in [0.2, 0.25) is 0 Å². The summed E-state index contributed by atoms with van der Waals surface area (Å²) < 4.78 is 32.1. The molecule has 1 saturated heterocycles. The molecule has 1 aromatic rings. The predicted molar refractivity (Wildman–Crippen MR) is 82.7 cm³/mol. The van der Waals surface area contributed by atoms with Crippen molar-refractivity contribution in [3.8, 4) is 0 Å². The summed E-state index contributed by atoms with van der Waals surface area (Å²) in [6, 6.07) is 3.33. The Hall–Kier alpha value is -0.700. The van der Waals surface area contributed by atoms with E-state index in [9.17, 15) is 8.42 Å². The number of nitrogens with one attached hydrogen (secondary N) is 1. The largest absolute Gasteiger partial charge is 0.383 e. The maximum Gasteiger partial charge on any atom is 0.260 e. The second kappa shape index (κ2) is 6.20. The van der Waals surface area contributed by atoms with Gasteiger partial charge in [-0.25, -0.2) is 13.4 Å². The van der Waals surface area contributed by atoms with Crippen molar-refractivity contribution in [2.75, 3.05) is 38.2 Å². The molecule has 0 radical (unpaired) electrons. The molecule has 0 atom stereocenters. The third kappa shape index (κ3) is 3.56. The van der Waals surface area contributed by atoms with Crippen LogP contribution in [0.15, 0.2) is 21.8 Å². The van der Waals surface area contributed by atoms with Gasteiger partial charge in [0, 0.05) is 19.6 Å². The Balaban J connectivity index is 1.76. The van der Waals surface area contributed by atoms with Gasteiger partial charge >= 0.3 is 0 Å². The molecule has 1 N–H and O–H groups in total. The van der Waals surface area contributed by atoms with Gasteiger partial charge in [0.1, 0.15) is 4.60 Å². The number of anilines is 1. The maximum atomic E-state index is 12.5. The number of hydrogen-bond acceptors (Lipinski definition) is 5. The smallest absolute Gasteiger partial charge is 0.260 e. The maximum absolute atomic E-state index is 12.5. The monoisotopic (exact) mass is 375 g/mol. The van der Waals surface area contributed by atoms with Gasteiger partial charge in [-0.15, -0.1) is 0 Å². The Morgan fingerprint density at radius 2 is 2.05 bits per heavy atom. The van der Waals surface area contributed by atoms with Crippen LogP contribution < -0.4 is 5.32 Å². The average molecular weight is 376 g/mol. The van der Waals surface area contributed by atoms with Gasteiger partial charge in [-0.05, 0) is 46.8 Å². The average Bonchev–Trinajstić information content (AvgIpc) is 3.31. The van der Waals surface area contributed by atoms with Crippen LogP contribution in [0.25, 0.3) is 0 Å². The summed E-state index contributed by atoms with van der Waals surface area (Å²) in [5, 5.41) is 3.37. The molecule has 2 heterocycles. The summed E-state index contributed by atoms with van der Waals surface area (Å²) in [5.74, 6) is 0.744. The minimum absolute atomic E-state index is 0.0771. The molecule has 2 fully saturated rings. The van der Waals surface area contributed by atoms with Crippen LogP contribution in [0.2, 0.25) is 0 Å². The summed E-state index contributed by atoms with van der Waals surface area (Å²) in [7, 11) is -3.54. The number of rotatable bonds is 5. The van der Waals surface area contributed by atoms with Gasteiger partial charge in [-0.3, -0.25) is 0 Å². The number of aromatic nitrogens is 1. The number of pyridine rings is 1. The second-order valence-corrected chi connectivity index (χ2v) is 7.96. The molecule has 116 valence electrons. The number of ether oxygens (including phenoxy) is 1. The van der Waals surface area contributed by atoms with E-state index in [4.69, 9.17) is 4.74 Å². The first-order valence-corrected chi connectivity index (χ1v) is 9.29. The Morgan fingerprint density at radius 3 is 2.67 bits per heavy atom. The number of nitrogens with zero attached hydrogens (tertiary/aromatic N) is 2. The molecule has 1 aliphatic carbocycles. The lowest BCUT2D eigenvalue weighted by molar-refractivity contribution is 0.0729. The highest BCUT2D eigenvalue weighted by Gasteiger charge is 2.28. The van der Waals surface area contributed by atoms with Gasteiger partial charge in [-0.1, -0.05) is 0 Å². The summed E-state index contributed by atoms with van der Waals surface area (Å²) in [6.07, 6.45) is 2.53. The quantitative estimate of drug-likeness (QED) is 0.792. The lowest BCUT2D eigenvalue weighted by Crippen LogP contribution is -2.40. The molecule has 21 heavy (non-hydrogen) atoms. The first-order chi connectivity index (χ1) is 10.1. The van der Waals surface area contributed by atoms with Gasteiger partial charge in [-0.2, -0.15) is 4.31 Å². The normalized spacial score (nSPS) is 20.4. The van der Waals surface area contributed by atoms with Crippen molar-refractivity contribution in [3.63, 3.8) is 0 Å². The van der Waals surface area contributed by atoms with E-state index in [2.05, 4.69) is 26.2 Å². The highest BCUT2D eigenvalue weighted by atomic mass is 79.9. The van der Waals surface area contributed by atoms with Crippen LogP contribution in [0.4, 0.5) is 5.69 Å². The summed E-state index contributed by atoms with van der Waals surface area (Å²) >= 11 is 3.35. The Morgan fingerprint density at radius 1 is 1.33 bits per heavy atom. The van der Waals surface area contributed by atoms with Crippen LogP contribution in [0.3, 0.4) is 0 Å². The van der Waals surface area contributed by atoms with Crippen molar-refractivity contribution >= 4 is 31.6 Å². The van der Waals surface area contributed by atoms with E-state index in [0.29, 0.717) is 30.9 Å². The van der Waals surface area contributed by atoms with Crippen LogP contribution in [0.5, 0.6) is 0 Å². The third-order valence-electron chi connectivity index (χ3n) is 3.68. The SMILES string of the molecule is O=S(=O)(c1ccc(NCC2CC2)c(Br)n1)N1CCOCC1. The molecule has 1 aliphatic heterocycles. The van der Waals surface area contributed by atoms with Crippen LogP contribution >= 0.6 is 15.9 Å². The van der Waals surface area contributed by atoms with Crippen molar-refractivity contribution in [2.24, 2.45) is 5.92 Å². The number of halogens is 1. The fourth-order valence-electron chi connectivity index (χ4n) is 2.19. The Kier molecular flexibility index (Phi) is 4.49. The molecular formula is C13H18BrN3O3S. The highest BCUT2D eigenvalue weighted by Crippen LogP contribution is 2.30. The molecule has 1 aromatic heterocycles. The third-order valence-corrected chi connectivity index (χ3v) is 6.08. The first kappa shape index (κ1) is 15.2. The number of sulfonamides is 1. The standard InChI is InChI=1S/C13H18BrN3O3S/c14-13-11(15-9-10-1-2-10)3-4-12(16-13)21(18,19)17-5-7-20-8-6-17/h3-4,10,15H,1-2,5-9H2. The van der Waals surface area contributed by atoms with E-state index in [1.165, 1.54) is 17.1 Å². The molecule has 8 heteroatoms. The van der Waals surface area contributed by atoms with E-state index in [-0.39, 0.29) is 5.03 Å². The van der Waals surface area contributed by atoms with Crippen molar-refractivity contribution in [1.29, 1.82) is 0 Å². The molecule has 0 amide bonds. The van der Waals surface area contributed by atoms with E-state index < -0.39 is 10.0 Å². The van der Waals surface area contributed by atoms with Gasteiger partial charge in [0.15, 0.2) is 5.03 Å². The van der Waals surface area contributed by atoms with E-state index in [1.807, 2.05) is 0 Å². The van der Waals surface area contributed by atoms with Crippen molar-refractivity contribution in [2.45, 2.75) is 17.9 Å². The van der Waals surface area contributed by atoms with Crippen molar-refractivity contribution in [3.05, 3.63) is 16.7 Å². The molecule has 3 rings (SSSR count). The molecular weight excluding hydrogens is 358 g/mol. The minimum Gasteiger partial charge on any atom is -0.383 e. The highest BCUT2D eigenvalue weighted by molar-refractivity contribution is 9.10. The van der Waals surface area contributed by atoms with Crippen molar-refractivity contribution < 1.29 is 13.2 Å². The molecule has 0 unspecified atom stereocenters. The zero-order chi connectivity index (χ0) is 14.9. The predicted octanol–water partition coefficient (Wildman–Crippen LogP) is 1.69. The molecule has 1 saturated carbocycles. The van der Waals surface area contributed by atoms with E-state index in [1.54, 1.807) is 12.1 Å². The zero-order valence-corrected chi connectivity index (χ0v) is 14.0. The summed E-state index contributed by atoms with van der Waals surface area (Å²) in [6.45, 7) is 2.53. The lowest BCUT2D eigenvalue weighted by atomic mass is 10.3. The minimum atomic E-state index is -3.54. The van der Waals surface area contributed by atoms with Gasteiger partial charge < -0.3 is 10.1 Å². The number of hydrogen-bond donors (Lipinski definition) is 1. The van der Waals surface area contributed by atoms with Crippen LogP contribution in [0.1, 0.15) is 12.8 Å². The molecule has 6 nitrogen and oxygen atoms in total. The van der Waals surface area contributed by atoms with Crippen molar-refractivity contribution in [1.82, 2.24) is 9.29 Å². The molecule has 0 bridgehead atoms. The summed E-state index contributed by atoms with van der Waals surface area (Å²) in [5.41, 5.74) is 0.836. The van der Waals surface area contributed by atoms with E-state index in [0.717, 1.165) is 18.2 Å². The molecule has 0 spiro atoms. The lowest BCUT2D eigenvalue weighted by Gasteiger charge is -2.25. The first-order valence-electron chi connectivity index (χ1n) is 7.06. The fraction of sp³-hybridized carbons (Fsp3) is 0.615. The fourth-order valence-corrected chi connectivity index (χ4v) is 4.11. The van der Waals surface area contributed by atoms with Crippen LogP contribution in [-0.4, -0.2) is 50.6 Å². The van der Waals surface area contributed by atoms with Crippen LogP contribution in [0, 0.1) is 5.92 Å². The second-order valence-electron chi connectivity index (χ2n) is 5.33. The van der Waals surface area contributed by atoms with Gasteiger partial charge in [0.25, 0.3) is 10.0 Å². The van der Waals surface area contributed by atoms with Crippen LogP contribution in [-0.2, 0) is 14.8 Å². The topological polar surface area (TPSA) is 71.5 Å². The Labute approximate surface area is 133 Å². The van der Waals surface area contributed by atoms with E-state index >= 15 is 0 Å². The zero-order valence-electron chi connectivity index (χ0n) is 11.6. The Bertz CT molecular complexity index is 613.